The van der Waals surface area contributed by atoms with Gasteiger partial charge in [-0.2, -0.15) is 0 Å². The van der Waals surface area contributed by atoms with E-state index in [0.29, 0.717) is 5.82 Å². The maximum atomic E-state index is 12.1. The Bertz CT molecular complexity index is 703. The fraction of sp³-hybridized carbons (Fsp3) is 0.353. The molecule has 0 bridgehead atoms. The monoisotopic (exact) mass is 281 g/mol. The van der Waals surface area contributed by atoms with E-state index in [0.717, 1.165) is 41.9 Å². The molecule has 3 rings (SSSR count). The van der Waals surface area contributed by atoms with E-state index in [9.17, 15) is 4.79 Å². The van der Waals surface area contributed by atoms with Crippen LogP contribution in [0.3, 0.4) is 0 Å². The SMILES string of the molecule is CC[C@H]1CC=C(c2cc(-c3ncccn3)c[nH]c2=O)CC1. The van der Waals surface area contributed by atoms with Crippen molar-refractivity contribution >= 4 is 5.57 Å². The van der Waals surface area contributed by atoms with Gasteiger partial charge in [-0.05, 0) is 42.9 Å². The van der Waals surface area contributed by atoms with Crippen molar-refractivity contribution in [2.75, 3.05) is 0 Å². The van der Waals surface area contributed by atoms with Crippen molar-refractivity contribution in [2.24, 2.45) is 5.92 Å². The van der Waals surface area contributed by atoms with Crippen molar-refractivity contribution in [3.63, 3.8) is 0 Å². The summed E-state index contributed by atoms with van der Waals surface area (Å²) in [4.78, 5) is 23.4. The molecule has 108 valence electrons. The number of hydrogen-bond acceptors (Lipinski definition) is 3. The Kier molecular flexibility index (Phi) is 3.95. The molecule has 0 radical (unpaired) electrons. The average molecular weight is 281 g/mol. The highest BCUT2D eigenvalue weighted by molar-refractivity contribution is 5.69. The van der Waals surface area contributed by atoms with Crippen LogP contribution in [0.4, 0.5) is 0 Å². The van der Waals surface area contributed by atoms with Gasteiger partial charge in [-0.3, -0.25) is 4.79 Å². The van der Waals surface area contributed by atoms with Gasteiger partial charge < -0.3 is 4.98 Å². The van der Waals surface area contributed by atoms with Gasteiger partial charge >= 0.3 is 0 Å². The molecule has 1 aliphatic carbocycles. The van der Waals surface area contributed by atoms with Gasteiger partial charge in [0.2, 0.25) is 0 Å². The first-order valence-corrected chi connectivity index (χ1v) is 7.47. The molecule has 4 nitrogen and oxygen atoms in total. The third kappa shape index (κ3) is 2.94. The average Bonchev–Trinajstić information content (AvgIpc) is 2.56. The summed E-state index contributed by atoms with van der Waals surface area (Å²) in [6, 6.07) is 3.69. The molecule has 0 aromatic carbocycles. The van der Waals surface area contributed by atoms with Crippen molar-refractivity contribution in [1.29, 1.82) is 0 Å². The Morgan fingerprint density at radius 2 is 2.14 bits per heavy atom. The number of nitrogens with one attached hydrogen (secondary N) is 1. The predicted octanol–water partition coefficient (Wildman–Crippen LogP) is 3.43. The molecule has 4 heteroatoms. The van der Waals surface area contributed by atoms with Crippen LogP contribution in [0.5, 0.6) is 0 Å². The van der Waals surface area contributed by atoms with Gasteiger partial charge in [0, 0.05) is 29.7 Å². The van der Waals surface area contributed by atoms with Crippen LogP contribution in [0.1, 0.15) is 38.2 Å². The smallest absolute Gasteiger partial charge is 0.255 e. The molecule has 0 saturated heterocycles. The van der Waals surface area contributed by atoms with Gasteiger partial charge in [-0.15, -0.1) is 0 Å². The van der Waals surface area contributed by atoms with Gasteiger partial charge in [0.05, 0.1) is 0 Å². The van der Waals surface area contributed by atoms with E-state index in [4.69, 9.17) is 0 Å². The summed E-state index contributed by atoms with van der Waals surface area (Å²) in [6.45, 7) is 2.23. The summed E-state index contributed by atoms with van der Waals surface area (Å²) in [5, 5.41) is 0. The van der Waals surface area contributed by atoms with E-state index in [1.807, 2.05) is 6.07 Å². The van der Waals surface area contributed by atoms with Crippen LogP contribution in [0.15, 0.2) is 41.6 Å². The van der Waals surface area contributed by atoms with Gasteiger partial charge in [0.25, 0.3) is 5.56 Å². The van der Waals surface area contributed by atoms with Gasteiger partial charge in [0.15, 0.2) is 5.82 Å². The highest BCUT2D eigenvalue weighted by Crippen LogP contribution is 2.31. The Labute approximate surface area is 124 Å². The number of H-pyrrole nitrogens is 1. The minimum absolute atomic E-state index is 0.0316. The molecular formula is C17H19N3O. The second-order valence-corrected chi connectivity index (χ2v) is 5.48. The molecule has 2 aromatic rings. The van der Waals surface area contributed by atoms with Crippen molar-refractivity contribution in [2.45, 2.75) is 32.6 Å². The molecule has 1 N–H and O–H groups in total. The third-order valence-electron chi connectivity index (χ3n) is 4.17. The largest absolute Gasteiger partial charge is 0.328 e. The lowest BCUT2D eigenvalue weighted by Gasteiger charge is -2.20. The lowest BCUT2D eigenvalue weighted by atomic mass is 9.85. The molecule has 2 heterocycles. The van der Waals surface area contributed by atoms with Gasteiger partial charge in [-0.1, -0.05) is 19.4 Å². The fourth-order valence-corrected chi connectivity index (χ4v) is 2.80. The highest BCUT2D eigenvalue weighted by atomic mass is 16.1. The fourth-order valence-electron chi connectivity index (χ4n) is 2.80. The van der Waals surface area contributed by atoms with Crippen molar-refractivity contribution in [3.05, 3.63) is 52.7 Å². The second-order valence-electron chi connectivity index (χ2n) is 5.48. The van der Waals surface area contributed by atoms with Gasteiger partial charge in [0.1, 0.15) is 0 Å². The number of rotatable bonds is 3. The highest BCUT2D eigenvalue weighted by Gasteiger charge is 2.16. The molecule has 0 fully saturated rings. The maximum absolute atomic E-state index is 12.1. The number of allylic oxidation sites excluding steroid dienone is 2. The van der Waals surface area contributed by atoms with Gasteiger partial charge in [-0.25, -0.2) is 9.97 Å². The molecule has 0 aliphatic heterocycles. The van der Waals surface area contributed by atoms with Crippen LogP contribution in [0.2, 0.25) is 0 Å². The summed E-state index contributed by atoms with van der Waals surface area (Å²) in [7, 11) is 0. The summed E-state index contributed by atoms with van der Waals surface area (Å²) in [5.41, 5.74) is 2.73. The molecular weight excluding hydrogens is 262 g/mol. The predicted molar refractivity (Wildman–Crippen MR) is 83.7 cm³/mol. The zero-order valence-corrected chi connectivity index (χ0v) is 12.2. The van der Waals surface area contributed by atoms with E-state index in [1.165, 1.54) is 6.42 Å². The summed E-state index contributed by atoms with van der Waals surface area (Å²) >= 11 is 0. The molecule has 1 atom stereocenters. The van der Waals surface area contributed by atoms with Crippen LogP contribution < -0.4 is 5.56 Å². The molecule has 0 amide bonds. The van der Waals surface area contributed by atoms with Crippen LogP contribution in [0.25, 0.3) is 17.0 Å². The zero-order valence-electron chi connectivity index (χ0n) is 12.2. The van der Waals surface area contributed by atoms with E-state index in [2.05, 4.69) is 28.0 Å². The normalized spacial score (nSPS) is 18.3. The van der Waals surface area contributed by atoms with Crippen LogP contribution >= 0.6 is 0 Å². The molecule has 0 unspecified atom stereocenters. The van der Waals surface area contributed by atoms with Crippen molar-refractivity contribution in [1.82, 2.24) is 15.0 Å². The lowest BCUT2D eigenvalue weighted by Crippen LogP contribution is -2.14. The second kappa shape index (κ2) is 6.04. The molecule has 0 spiro atoms. The summed E-state index contributed by atoms with van der Waals surface area (Å²) in [6.07, 6.45) is 11.7. The molecule has 2 aromatic heterocycles. The Balaban J connectivity index is 1.96. The van der Waals surface area contributed by atoms with Crippen molar-refractivity contribution in [3.8, 4) is 11.4 Å². The van der Waals surface area contributed by atoms with E-state index in [-0.39, 0.29) is 5.56 Å². The standard InChI is InChI=1S/C17H19N3O/c1-2-12-4-6-13(7-5-12)15-10-14(11-20-17(15)21)16-18-8-3-9-19-16/h3,6,8-12H,2,4-5,7H2,1H3,(H,20,21)/t12-/m0/s1. The Morgan fingerprint density at radius 1 is 1.33 bits per heavy atom. The molecule has 21 heavy (non-hydrogen) atoms. The number of aromatic amines is 1. The number of nitrogens with zero attached hydrogens (tertiary/aromatic N) is 2. The first-order chi connectivity index (χ1) is 10.3. The summed E-state index contributed by atoms with van der Waals surface area (Å²) < 4.78 is 0. The van der Waals surface area contributed by atoms with Crippen molar-refractivity contribution < 1.29 is 0 Å². The zero-order chi connectivity index (χ0) is 14.7. The minimum atomic E-state index is -0.0316. The maximum Gasteiger partial charge on any atom is 0.255 e. The van der Waals surface area contributed by atoms with E-state index < -0.39 is 0 Å². The first-order valence-electron chi connectivity index (χ1n) is 7.47. The number of hydrogen-bond donors (Lipinski definition) is 1. The Morgan fingerprint density at radius 3 is 2.81 bits per heavy atom. The van der Waals surface area contributed by atoms with Crippen LogP contribution in [0, 0.1) is 5.92 Å². The number of aromatic nitrogens is 3. The van der Waals surface area contributed by atoms with Crippen LogP contribution in [-0.2, 0) is 0 Å². The molecule has 0 saturated carbocycles. The quantitative estimate of drug-likeness (QED) is 0.937. The minimum Gasteiger partial charge on any atom is -0.328 e. The number of pyridine rings is 1. The summed E-state index contributed by atoms with van der Waals surface area (Å²) in [5.74, 6) is 1.39. The Hall–Kier alpha value is -2.23. The lowest BCUT2D eigenvalue weighted by molar-refractivity contribution is 0.470. The topological polar surface area (TPSA) is 58.6 Å². The van der Waals surface area contributed by atoms with Crippen LogP contribution in [-0.4, -0.2) is 15.0 Å². The molecule has 1 aliphatic rings. The van der Waals surface area contributed by atoms with E-state index >= 15 is 0 Å². The first kappa shape index (κ1) is 13.7. The van der Waals surface area contributed by atoms with E-state index in [1.54, 1.807) is 24.7 Å². The third-order valence-corrected chi connectivity index (χ3v) is 4.17.